The molecule has 5 nitrogen and oxygen atoms in total. The lowest BCUT2D eigenvalue weighted by Crippen LogP contribution is -2.42. The van der Waals surface area contributed by atoms with Crippen molar-refractivity contribution in [3.05, 3.63) is 95.3 Å². The normalized spacial score (nSPS) is 10.3. The topological polar surface area (TPSA) is 62.1 Å². The zero-order valence-electron chi connectivity index (χ0n) is 14.6. The molecule has 1 aromatic heterocycles. The Bertz CT molecular complexity index is 928. The first-order valence-electron chi connectivity index (χ1n) is 8.47. The molecule has 0 aliphatic carbocycles. The van der Waals surface area contributed by atoms with Crippen LogP contribution in [0.25, 0.3) is 0 Å². The minimum absolute atomic E-state index is 0.126. The average Bonchev–Trinajstić information content (AvgIpc) is 2.69. The summed E-state index contributed by atoms with van der Waals surface area (Å²) in [6.07, 6.45) is 3.40. The van der Waals surface area contributed by atoms with Gasteiger partial charge in [0, 0.05) is 23.3 Å². The number of halogens is 1. The Morgan fingerprint density at radius 3 is 2.41 bits per heavy atom. The van der Waals surface area contributed by atoms with Gasteiger partial charge in [0.1, 0.15) is 5.56 Å². The predicted octanol–water partition coefficient (Wildman–Crippen LogP) is 3.20. The van der Waals surface area contributed by atoms with Crippen LogP contribution in [0.15, 0.2) is 79.1 Å². The van der Waals surface area contributed by atoms with E-state index in [0.717, 1.165) is 5.56 Å². The predicted molar refractivity (Wildman–Crippen MR) is 104 cm³/mol. The molecular weight excluding hydrogens is 362 g/mol. The molecule has 0 fully saturated rings. The largest absolute Gasteiger partial charge is 0.347 e. The number of hydrogen-bond acceptors (Lipinski definition) is 2. The van der Waals surface area contributed by atoms with Gasteiger partial charge in [0.05, 0.1) is 0 Å². The van der Waals surface area contributed by atoms with E-state index in [-0.39, 0.29) is 18.4 Å². The van der Waals surface area contributed by atoms with Crippen molar-refractivity contribution in [2.75, 3.05) is 5.32 Å². The molecule has 0 atom stereocenters. The fourth-order valence-electron chi connectivity index (χ4n) is 2.51. The Labute approximate surface area is 162 Å². The van der Waals surface area contributed by atoms with Crippen molar-refractivity contribution in [1.82, 2.24) is 5.32 Å². The van der Waals surface area contributed by atoms with Gasteiger partial charge in [-0.25, -0.2) is 0 Å². The Morgan fingerprint density at radius 1 is 0.926 bits per heavy atom. The number of amides is 2. The van der Waals surface area contributed by atoms with Crippen molar-refractivity contribution < 1.29 is 14.2 Å². The highest BCUT2D eigenvalue weighted by Gasteiger charge is 2.14. The summed E-state index contributed by atoms with van der Waals surface area (Å²) < 4.78 is 1.68. The number of anilines is 1. The number of rotatable bonds is 6. The molecular formula is C21H19ClN3O2+. The number of benzene rings is 2. The highest BCUT2D eigenvalue weighted by atomic mass is 35.5. The van der Waals surface area contributed by atoms with Crippen LogP contribution in [0.3, 0.4) is 0 Å². The summed E-state index contributed by atoms with van der Waals surface area (Å²) in [5.74, 6) is -0.379. The van der Waals surface area contributed by atoms with E-state index in [1.165, 1.54) is 0 Å². The molecule has 0 spiro atoms. The molecule has 1 heterocycles. The van der Waals surface area contributed by atoms with Gasteiger partial charge in [-0.15, -0.1) is 0 Å². The molecule has 0 bridgehead atoms. The van der Waals surface area contributed by atoms with Gasteiger partial charge in [-0.05, 0) is 35.9 Å². The van der Waals surface area contributed by atoms with Crippen molar-refractivity contribution in [3.63, 3.8) is 0 Å². The number of carbonyl (C=O) groups is 2. The Hall–Kier alpha value is -3.18. The standard InChI is InChI=1S/C21H18ClN3O2/c22-18-8-10-19(11-9-18)24-21(27)17-7-4-12-25(14-17)15-20(26)23-13-16-5-2-1-3-6-16/h1-12,14H,13,15H2,(H-,23,24,26,27)/p+1. The molecule has 0 saturated heterocycles. The summed E-state index contributed by atoms with van der Waals surface area (Å²) in [5.41, 5.74) is 2.15. The second-order valence-corrected chi connectivity index (χ2v) is 6.42. The smallest absolute Gasteiger partial charge is 0.286 e. The first kappa shape index (κ1) is 18.6. The van der Waals surface area contributed by atoms with E-state index >= 15 is 0 Å². The fourth-order valence-corrected chi connectivity index (χ4v) is 2.64. The number of aromatic nitrogens is 1. The fraction of sp³-hybridized carbons (Fsp3) is 0.0952. The van der Waals surface area contributed by atoms with Crippen LogP contribution in [0, 0.1) is 0 Å². The van der Waals surface area contributed by atoms with Crippen LogP contribution in [-0.4, -0.2) is 11.8 Å². The van der Waals surface area contributed by atoms with Crippen LogP contribution in [0.1, 0.15) is 15.9 Å². The van der Waals surface area contributed by atoms with Crippen molar-refractivity contribution in [1.29, 1.82) is 0 Å². The van der Waals surface area contributed by atoms with Gasteiger partial charge in [0.25, 0.3) is 11.8 Å². The van der Waals surface area contributed by atoms with E-state index in [1.54, 1.807) is 53.4 Å². The van der Waals surface area contributed by atoms with Crippen LogP contribution < -0.4 is 15.2 Å². The van der Waals surface area contributed by atoms with E-state index in [9.17, 15) is 9.59 Å². The lowest BCUT2D eigenvalue weighted by atomic mass is 10.2. The number of nitrogens with one attached hydrogen (secondary N) is 2. The van der Waals surface area contributed by atoms with E-state index in [4.69, 9.17) is 11.6 Å². The zero-order chi connectivity index (χ0) is 19.1. The molecule has 6 heteroatoms. The maximum absolute atomic E-state index is 12.4. The summed E-state index contributed by atoms with van der Waals surface area (Å²) in [7, 11) is 0. The van der Waals surface area contributed by atoms with E-state index < -0.39 is 0 Å². The van der Waals surface area contributed by atoms with Gasteiger partial charge in [-0.1, -0.05) is 41.9 Å². The molecule has 2 amide bonds. The van der Waals surface area contributed by atoms with Crippen molar-refractivity contribution in [3.8, 4) is 0 Å². The highest BCUT2D eigenvalue weighted by Crippen LogP contribution is 2.14. The van der Waals surface area contributed by atoms with Crippen LogP contribution in [-0.2, 0) is 17.9 Å². The molecule has 0 saturated carbocycles. The maximum atomic E-state index is 12.4. The van der Waals surface area contributed by atoms with Crippen LogP contribution in [0.4, 0.5) is 5.69 Å². The van der Waals surface area contributed by atoms with Gasteiger partial charge in [-0.2, -0.15) is 4.57 Å². The molecule has 2 aromatic carbocycles. The Balaban J connectivity index is 1.58. The minimum atomic E-state index is -0.253. The summed E-state index contributed by atoms with van der Waals surface area (Å²) in [4.78, 5) is 24.5. The lowest BCUT2D eigenvalue weighted by Gasteiger charge is -2.05. The molecule has 136 valence electrons. The molecule has 3 rings (SSSR count). The number of carbonyl (C=O) groups excluding carboxylic acids is 2. The molecule has 3 aromatic rings. The van der Waals surface area contributed by atoms with E-state index in [1.807, 2.05) is 30.3 Å². The Kier molecular flexibility index (Phi) is 6.18. The van der Waals surface area contributed by atoms with Gasteiger partial charge in [0.2, 0.25) is 6.54 Å². The van der Waals surface area contributed by atoms with Crippen LogP contribution >= 0.6 is 11.6 Å². The summed E-state index contributed by atoms with van der Waals surface area (Å²) in [6, 6.07) is 20.0. The van der Waals surface area contributed by atoms with E-state index in [2.05, 4.69) is 10.6 Å². The first-order valence-corrected chi connectivity index (χ1v) is 8.84. The number of pyridine rings is 1. The second-order valence-electron chi connectivity index (χ2n) is 5.99. The molecule has 0 radical (unpaired) electrons. The third-order valence-electron chi connectivity index (χ3n) is 3.88. The summed E-state index contributed by atoms with van der Waals surface area (Å²) in [6.45, 7) is 0.603. The quantitative estimate of drug-likeness (QED) is 0.645. The van der Waals surface area contributed by atoms with Gasteiger partial charge < -0.3 is 10.6 Å². The average molecular weight is 381 g/mol. The summed E-state index contributed by atoms with van der Waals surface area (Å²) >= 11 is 5.85. The number of hydrogen-bond donors (Lipinski definition) is 2. The third kappa shape index (κ3) is 5.66. The second kappa shape index (κ2) is 8.96. The number of nitrogens with zero attached hydrogens (tertiary/aromatic N) is 1. The van der Waals surface area contributed by atoms with Crippen molar-refractivity contribution in [2.24, 2.45) is 0 Å². The van der Waals surface area contributed by atoms with Crippen LogP contribution in [0.2, 0.25) is 5.02 Å². The lowest BCUT2D eigenvalue weighted by molar-refractivity contribution is -0.684. The molecule has 0 aliphatic heterocycles. The first-order chi connectivity index (χ1) is 13.1. The molecule has 0 aliphatic rings. The zero-order valence-corrected chi connectivity index (χ0v) is 15.3. The van der Waals surface area contributed by atoms with Crippen molar-refractivity contribution in [2.45, 2.75) is 13.1 Å². The maximum Gasteiger partial charge on any atom is 0.286 e. The monoisotopic (exact) mass is 380 g/mol. The van der Waals surface area contributed by atoms with Gasteiger partial charge >= 0.3 is 0 Å². The van der Waals surface area contributed by atoms with E-state index in [0.29, 0.717) is 22.8 Å². The Morgan fingerprint density at radius 2 is 1.67 bits per heavy atom. The van der Waals surface area contributed by atoms with Gasteiger partial charge in [-0.3, -0.25) is 9.59 Å². The molecule has 2 N–H and O–H groups in total. The minimum Gasteiger partial charge on any atom is -0.347 e. The van der Waals surface area contributed by atoms with Gasteiger partial charge in [0.15, 0.2) is 12.4 Å². The van der Waals surface area contributed by atoms with Crippen molar-refractivity contribution >= 4 is 29.1 Å². The SMILES string of the molecule is O=C(C[n+]1cccc(C(=O)Nc2ccc(Cl)cc2)c1)NCc1ccccc1. The molecule has 0 unspecified atom stereocenters. The third-order valence-corrected chi connectivity index (χ3v) is 4.13. The van der Waals surface area contributed by atoms with Crippen LogP contribution in [0.5, 0.6) is 0 Å². The molecule has 27 heavy (non-hydrogen) atoms. The summed E-state index contributed by atoms with van der Waals surface area (Å²) in [5, 5.41) is 6.27. The highest BCUT2D eigenvalue weighted by molar-refractivity contribution is 6.30.